The number of aliphatic carboxylic acids is 1. The van der Waals surface area contributed by atoms with E-state index in [0.29, 0.717) is 0 Å². The first-order chi connectivity index (χ1) is 7.76. The zero-order chi connectivity index (χ0) is 13.2. The Morgan fingerprint density at radius 2 is 1.82 bits per heavy atom. The number of anilines is 1. The predicted octanol–water partition coefficient (Wildman–Crippen LogP) is 1.06. The monoisotopic (exact) mass is 261 g/mol. The number of halogens is 1. The van der Waals surface area contributed by atoms with Crippen LogP contribution in [0.4, 0.5) is 10.1 Å². The highest BCUT2D eigenvalue weighted by atomic mass is 32.2. The van der Waals surface area contributed by atoms with Crippen LogP contribution in [0, 0.1) is 5.82 Å². The lowest BCUT2D eigenvalue weighted by Gasteiger charge is -2.21. The molecule has 0 aromatic heterocycles. The summed E-state index contributed by atoms with van der Waals surface area (Å²) in [4.78, 5) is 10.7. The molecule has 0 saturated heterocycles. The van der Waals surface area contributed by atoms with Crippen molar-refractivity contribution in [2.24, 2.45) is 0 Å². The summed E-state index contributed by atoms with van der Waals surface area (Å²) in [7, 11) is -2.77. The van der Waals surface area contributed by atoms with E-state index in [1.807, 2.05) is 0 Å². The van der Waals surface area contributed by atoms with Crippen LogP contribution in [0.25, 0.3) is 0 Å². The van der Waals surface area contributed by atoms with Gasteiger partial charge in [0.25, 0.3) is 0 Å². The molecule has 1 aromatic carbocycles. The first-order valence-corrected chi connectivity index (χ1v) is 6.23. The summed E-state index contributed by atoms with van der Waals surface area (Å²) in [5.41, 5.74) is 0.208. The minimum Gasteiger partial charge on any atom is -0.480 e. The van der Waals surface area contributed by atoms with Crippen molar-refractivity contribution >= 4 is 21.7 Å². The second kappa shape index (κ2) is 4.70. The molecule has 1 rings (SSSR count). The Bertz CT molecular complexity index is 512. The van der Waals surface area contributed by atoms with E-state index in [2.05, 4.69) is 0 Å². The third kappa shape index (κ3) is 2.73. The topological polar surface area (TPSA) is 74.7 Å². The fourth-order valence-electron chi connectivity index (χ4n) is 1.16. The van der Waals surface area contributed by atoms with Crippen LogP contribution in [0.2, 0.25) is 0 Å². The maximum atomic E-state index is 12.7. The molecule has 0 aliphatic heterocycles. The Morgan fingerprint density at radius 3 is 2.24 bits per heavy atom. The van der Waals surface area contributed by atoms with Gasteiger partial charge in [-0.05, 0) is 31.2 Å². The van der Waals surface area contributed by atoms with E-state index < -0.39 is 27.1 Å². The van der Waals surface area contributed by atoms with E-state index >= 15 is 0 Å². The van der Waals surface area contributed by atoms with Gasteiger partial charge in [-0.15, -0.1) is 0 Å². The van der Waals surface area contributed by atoms with Gasteiger partial charge in [-0.2, -0.15) is 0 Å². The lowest BCUT2D eigenvalue weighted by atomic mass is 10.3. The zero-order valence-electron chi connectivity index (χ0n) is 9.29. The van der Waals surface area contributed by atoms with Crippen molar-refractivity contribution in [2.75, 3.05) is 11.4 Å². The number of rotatable bonds is 4. The van der Waals surface area contributed by atoms with Crippen molar-refractivity contribution in [3.63, 3.8) is 0 Å². The van der Waals surface area contributed by atoms with E-state index in [1.165, 1.54) is 19.2 Å². The van der Waals surface area contributed by atoms with E-state index in [4.69, 9.17) is 5.11 Å². The molecule has 0 aliphatic carbocycles. The summed E-state index contributed by atoms with van der Waals surface area (Å²) in [5.74, 6) is -1.93. The minimum absolute atomic E-state index is 0.208. The number of nitrogens with zero attached hydrogens (tertiary/aromatic N) is 1. The van der Waals surface area contributed by atoms with Gasteiger partial charge in [-0.25, -0.2) is 12.8 Å². The summed E-state index contributed by atoms with van der Waals surface area (Å²) in [6, 6.07) is 4.74. The number of benzene rings is 1. The lowest BCUT2D eigenvalue weighted by Crippen LogP contribution is -2.38. The Hall–Kier alpha value is -1.63. The molecule has 1 aromatic rings. The van der Waals surface area contributed by atoms with Crippen molar-refractivity contribution < 1.29 is 22.7 Å². The number of sulfonamides is 1. The molecule has 94 valence electrons. The molecule has 0 fully saturated rings. The van der Waals surface area contributed by atoms with E-state index in [1.54, 1.807) is 0 Å². The largest absolute Gasteiger partial charge is 0.480 e. The third-order valence-electron chi connectivity index (χ3n) is 2.37. The normalized spacial score (nSPS) is 13.1. The van der Waals surface area contributed by atoms with Crippen LogP contribution >= 0.6 is 0 Å². The smallest absolute Gasteiger partial charge is 0.323 e. The van der Waals surface area contributed by atoms with Gasteiger partial charge in [0.2, 0.25) is 10.0 Å². The van der Waals surface area contributed by atoms with Gasteiger partial charge in [-0.3, -0.25) is 9.10 Å². The van der Waals surface area contributed by atoms with E-state index in [-0.39, 0.29) is 5.69 Å². The molecule has 1 N–H and O–H groups in total. The van der Waals surface area contributed by atoms with Gasteiger partial charge < -0.3 is 5.11 Å². The van der Waals surface area contributed by atoms with Crippen molar-refractivity contribution in [2.45, 2.75) is 12.2 Å². The summed E-state index contributed by atoms with van der Waals surface area (Å²) in [5, 5.41) is 7.13. The molecule has 0 spiro atoms. The van der Waals surface area contributed by atoms with Crippen LogP contribution < -0.4 is 4.31 Å². The van der Waals surface area contributed by atoms with E-state index in [9.17, 15) is 17.6 Å². The van der Waals surface area contributed by atoms with Gasteiger partial charge >= 0.3 is 5.97 Å². The Balaban J connectivity index is 3.08. The SMILES string of the molecule is CC(C(=O)O)S(=O)(=O)N(C)c1ccc(F)cc1. The fourth-order valence-corrected chi connectivity index (χ4v) is 2.31. The molecular formula is C10H12FNO4S. The average Bonchev–Trinajstić information content (AvgIpc) is 2.27. The van der Waals surface area contributed by atoms with Crippen molar-refractivity contribution in [1.29, 1.82) is 0 Å². The maximum absolute atomic E-state index is 12.7. The Labute approximate surface area is 98.5 Å². The standard InChI is InChI=1S/C10H12FNO4S/c1-7(10(13)14)17(15,16)12(2)9-5-3-8(11)4-6-9/h3-7H,1-2H3,(H,13,14). The quantitative estimate of drug-likeness (QED) is 0.879. The molecular weight excluding hydrogens is 249 g/mol. The molecule has 0 bridgehead atoms. The minimum atomic E-state index is -3.99. The summed E-state index contributed by atoms with van der Waals surface area (Å²) in [6.07, 6.45) is 0. The number of carboxylic acid groups (broad SMARTS) is 1. The van der Waals surface area contributed by atoms with Crippen LogP contribution in [0.15, 0.2) is 24.3 Å². The second-order valence-corrected chi connectivity index (χ2v) is 5.75. The van der Waals surface area contributed by atoms with Crippen LogP contribution in [0.5, 0.6) is 0 Å². The molecule has 0 radical (unpaired) electrons. The van der Waals surface area contributed by atoms with Crippen molar-refractivity contribution in [1.82, 2.24) is 0 Å². The number of carbonyl (C=O) groups is 1. The summed E-state index contributed by atoms with van der Waals surface area (Å²) in [6.45, 7) is 1.08. The molecule has 1 unspecified atom stereocenters. The molecule has 0 amide bonds. The second-order valence-electron chi connectivity index (χ2n) is 3.47. The molecule has 17 heavy (non-hydrogen) atoms. The Morgan fingerprint density at radius 1 is 1.35 bits per heavy atom. The van der Waals surface area contributed by atoms with E-state index in [0.717, 1.165) is 23.4 Å². The molecule has 7 heteroatoms. The third-order valence-corrected chi connectivity index (χ3v) is 4.44. The molecule has 0 saturated carbocycles. The van der Waals surface area contributed by atoms with Crippen LogP contribution in [-0.2, 0) is 14.8 Å². The van der Waals surface area contributed by atoms with Gasteiger partial charge in [-0.1, -0.05) is 0 Å². The average molecular weight is 261 g/mol. The maximum Gasteiger partial charge on any atom is 0.323 e. The zero-order valence-corrected chi connectivity index (χ0v) is 10.1. The fraction of sp³-hybridized carbons (Fsp3) is 0.300. The van der Waals surface area contributed by atoms with Gasteiger partial charge in [0.15, 0.2) is 5.25 Å². The summed E-state index contributed by atoms with van der Waals surface area (Å²) < 4.78 is 37.1. The van der Waals surface area contributed by atoms with Gasteiger partial charge in [0.1, 0.15) is 5.82 Å². The summed E-state index contributed by atoms with van der Waals surface area (Å²) >= 11 is 0. The van der Waals surface area contributed by atoms with Gasteiger partial charge in [0, 0.05) is 7.05 Å². The highest BCUT2D eigenvalue weighted by molar-refractivity contribution is 7.94. The number of carboxylic acids is 1. The molecule has 5 nitrogen and oxygen atoms in total. The van der Waals surface area contributed by atoms with Crippen molar-refractivity contribution in [3.8, 4) is 0 Å². The van der Waals surface area contributed by atoms with Gasteiger partial charge in [0.05, 0.1) is 5.69 Å². The van der Waals surface area contributed by atoms with Crippen molar-refractivity contribution in [3.05, 3.63) is 30.1 Å². The predicted molar refractivity (Wildman–Crippen MR) is 60.8 cm³/mol. The van der Waals surface area contributed by atoms with Crippen LogP contribution in [-0.4, -0.2) is 31.8 Å². The molecule has 0 heterocycles. The number of hydrogen-bond acceptors (Lipinski definition) is 3. The van der Waals surface area contributed by atoms with Crippen LogP contribution in [0.1, 0.15) is 6.92 Å². The highest BCUT2D eigenvalue weighted by Gasteiger charge is 2.31. The number of hydrogen-bond donors (Lipinski definition) is 1. The van der Waals surface area contributed by atoms with Crippen LogP contribution in [0.3, 0.4) is 0 Å². The Kier molecular flexibility index (Phi) is 3.72. The first-order valence-electron chi connectivity index (χ1n) is 4.73. The lowest BCUT2D eigenvalue weighted by molar-refractivity contribution is -0.136. The molecule has 1 atom stereocenters. The molecule has 0 aliphatic rings. The highest BCUT2D eigenvalue weighted by Crippen LogP contribution is 2.19. The first kappa shape index (κ1) is 13.4.